The number of hydrogen-bond donors (Lipinski definition) is 1. The fourth-order valence-electron chi connectivity index (χ4n) is 1.99. The van der Waals surface area contributed by atoms with Crippen molar-refractivity contribution in [3.05, 3.63) is 0 Å². The van der Waals surface area contributed by atoms with E-state index in [1.165, 1.54) is 7.11 Å². The van der Waals surface area contributed by atoms with Crippen LogP contribution in [-0.4, -0.2) is 36.5 Å². The third kappa shape index (κ3) is 3.47. The first-order chi connectivity index (χ1) is 7.04. The molecule has 0 aromatic rings. The first kappa shape index (κ1) is 12.5. The predicted octanol–water partition coefficient (Wildman–Crippen LogP) is 1.11. The molecular weight excluding hydrogens is 196 g/mol. The monoisotopic (exact) mass is 216 g/mol. The van der Waals surface area contributed by atoms with Crippen LogP contribution in [0.1, 0.15) is 33.1 Å². The highest BCUT2D eigenvalue weighted by Crippen LogP contribution is 2.28. The number of hydrogen-bond acceptors (Lipinski definition) is 4. The number of esters is 1. The second-order valence-electron chi connectivity index (χ2n) is 4.27. The van der Waals surface area contributed by atoms with Gasteiger partial charge in [-0.05, 0) is 33.1 Å². The summed E-state index contributed by atoms with van der Waals surface area (Å²) in [4.78, 5) is 11.3. The molecule has 1 aliphatic rings. The van der Waals surface area contributed by atoms with E-state index in [1.54, 1.807) is 6.92 Å². The number of aliphatic hydroxyl groups excluding tert-OH is 1. The van der Waals surface area contributed by atoms with Gasteiger partial charge >= 0.3 is 5.97 Å². The minimum absolute atomic E-state index is 0.0544. The average Bonchev–Trinajstić information content (AvgIpc) is 2.63. The topological polar surface area (TPSA) is 55.8 Å². The van der Waals surface area contributed by atoms with E-state index >= 15 is 0 Å². The van der Waals surface area contributed by atoms with Gasteiger partial charge in [0.05, 0.1) is 31.3 Å². The maximum absolute atomic E-state index is 11.3. The van der Waals surface area contributed by atoms with Crippen molar-refractivity contribution in [1.29, 1.82) is 0 Å². The molecule has 0 amide bonds. The van der Waals surface area contributed by atoms with Gasteiger partial charge in [0.25, 0.3) is 0 Å². The number of methoxy groups -OCH3 is 1. The summed E-state index contributed by atoms with van der Waals surface area (Å²) in [6, 6.07) is 0. The molecular formula is C11H20O4. The van der Waals surface area contributed by atoms with Crippen molar-refractivity contribution in [2.75, 3.05) is 7.11 Å². The first-order valence-electron chi connectivity index (χ1n) is 5.46. The summed E-state index contributed by atoms with van der Waals surface area (Å²) in [5, 5.41) is 9.22. The molecule has 1 rings (SSSR count). The molecule has 1 aliphatic heterocycles. The largest absolute Gasteiger partial charge is 0.469 e. The second kappa shape index (κ2) is 5.47. The molecule has 1 N–H and O–H groups in total. The fourth-order valence-corrected chi connectivity index (χ4v) is 1.99. The fraction of sp³-hybridized carbons (Fsp3) is 0.909. The maximum atomic E-state index is 11.3. The second-order valence-corrected chi connectivity index (χ2v) is 4.27. The lowest BCUT2D eigenvalue weighted by Gasteiger charge is -2.18. The normalized spacial score (nSPS) is 29.9. The Morgan fingerprint density at radius 2 is 2.20 bits per heavy atom. The van der Waals surface area contributed by atoms with Crippen LogP contribution in [0.2, 0.25) is 0 Å². The summed E-state index contributed by atoms with van der Waals surface area (Å²) >= 11 is 0. The molecule has 0 unspecified atom stereocenters. The SMILES string of the molecule is COC(=O)[C@@H](C)[C@H]1CC[C@H](C[C@H](C)O)O1. The van der Waals surface area contributed by atoms with E-state index in [4.69, 9.17) is 4.74 Å². The Morgan fingerprint density at radius 1 is 1.53 bits per heavy atom. The van der Waals surface area contributed by atoms with Crippen molar-refractivity contribution >= 4 is 5.97 Å². The van der Waals surface area contributed by atoms with Crippen molar-refractivity contribution in [1.82, 2.24) is 0 Å². The van der Waals surface area contributed by atoms with E-state index in [1.807, 2.05) is 6.92 Å². The summed E-state index contributed by atoms with van der Waals surface area (Å²) in [5.74, 6) is -0.438. The van der Waals surface area contributed by atoms with E-state index in [0.29, 0.717) is 6.42 Å². The molecule has 1 saturated heterocycles. The van der Waals surface area contributed by atoms with E-state index < -0.39 is 0 Å². The first-order valence-corrected chi connectivity index (χ1v) is 5.46. The highest BCUT2D eigenvalue weighted by atomic mass is 16.5. The quantitative estimate of drug-likeness (QED) is 0.715. The Labute approximate surface area is 90.6 Å². The Hall–Kier alpha value is -0.610. The Morgan fingerprint density at radius 3 is 2.73 bits per heavy atom. The van der Waals surface area contributed by atoms with Crippen LogP contribution in [0.15, 0.2) is 0 Å². The van der Waals surface area contributed by atoms with E-state index in [9.17, 15) is 9.90 Å². The van der Waals surface area contributed by atoms with Gasteiger partial charge in [-0.25, -0.2) is 0 Å². The summed E-state index contributed by atoms with van der Waals surface area (Å²) in [6.07, 6.45) is 2.11. The molecule has 0 bridgehead atoms. The van der Waals surface area contributed by atoms with Crippen LogP contribution in [0.4, 0.5) is 0 Å². The van der Waals surface area contributed by atoms with Crippen molar-refractivity contribution in [2.24, 2.45) is 5.92 Å². The van der Waals surface area contributed by atoms with Gasteiger partial charge in [-0.15, -0.1) is 0 Å². The molecule has 4 atom stereocenters. The van der Waals surface area contributed by atoms with Crippen LogP contribution in [0.25, 0.3) is 0 Å². The molecule has 88 valence electrons. The van der Waals surface area contributed by atoms with Crippen LogP contribution in [0.5, 0.6) is 0 Å². The van der Waals surface area contributed by atoms with Gasteiger partial charge in [0.1, 0.15) is 0 Å². The average molecular weight is 216 g/mol. The van der Waals surface area contributed by atoms with Gasteiger partial charge in [0.2, 0.25) is 0 Å². The number of carbonyl (C=O) groups excluding carboxylic acids is 1. The van der Waals surface area contributed by atoms with E-state index in [2.05, 4.69) is 4.74 Å². The highest BCUT2D eigenvalue weighted by Gasteiger charge is 2.33. The molecule has 4 nitrogen and oxygen atoms in total. The van der Waals surface area contributed by atoms with Crippen LogP contribution in [0.3, 0.4) is 0 Å². The summed E-state index contributed by atoms with van der Waals surface area (Å²) in [6.45, 7) is 3.57. The van der Waals surface area contributed by atoms with Crippen molar-refractivity contribution in [3.63, 3.8) is 0 Å². The molecule has 0 radical (unpaired) electrons. The number of ether oxygens (including phenoxy) is 2. The lowest BCUT2D eigenvalue weighted by atomic mass is 10.0. The zero-order valence-corrected chi connectivity index (χ0v) is 9.60. The standard InChI is InChI=1S/C11H20O4/c1-7(12)6-9-4-5-10(15-9)8(2)11(13)14-3/h7-10,12H,4-6H2,1-3H3/t7-,8-,9+,10+/m0/s1. The smallest absolute Gasteiger partial charge is 0.311 e. The molecule has 0 aromatic carbocycles. The maximum Gasteiger partial charge on any atom is 0.311 e. The van der Waals surface area contributed by atoms with Gasteiger partial charge in [0, 0.05) is 0 Å². The van der Waals surface area contributed by atoms with Gasteiger partial charge in [0.15, 0.2) is 0 Å². The lowest BCUT2D eigenvalue weighted by molar-refractivity contribution is -0.150. The van der Waals surface area contributed by atoms with E-state index in [0.717, 1.165) is 12.8 Å². The number of aliphatic hydroxyl groups is 1. The van der Waals surface area contributed by atoms with Crippen LogP contribution in [-0.2, 0) is 14.3 Å². The molecule has 1 heterocycles. The lowest BCUT2D eigenvalue weighted by Crippen LogP contribution is -2.27. The third-order valence-corrected chi connectivity index (χ3v) is 2.88. The van der Waals surface area contributed by atoms with Gasteiger partial charge < -0.3 is 14.6 Å². The summed E-state index contributed by atoms with van der Waals surface area (Å²) in [7, 11) is 1.39. The summed E-state index contributed by atoms with van der Waals surface area (Å²) in [5.41, 5.74) is 0. The Bertz CT molecular complexity index is 215. The molecule has 0 aliphatic carbocycles. The van der Waals surface area contributed by atoms with Crippen molar-refractivity contribution in [3.8, 4) is 0 Å². The van der Waals surface area contributed by atoms with Crippen molar-refractivity contribution in [2.45, 2.75) is 51.4 Å². The molecule has 0 saturated carbocycles. The third-order valence-electron chi connectivity index (χ3n) is 2.88. The highest BCUT2D eigenvalue weighted by molar-refractivity contribution is 5.72. The minimum Gasteiger partial charge on any atom is -0.469 e. The number of rotatable bonds is 4. The Kier molecular flexibility index (Phi) is 4.54. The molecule has 1 fully saturated rings. The zero-order chi connectivity index (χ0) is 11.4. The predicted molar refractivity (Wildman–Crippen MR) is 55.4 cm³/mol. The molecule has 4 heteroatoms. The Balaban J connectivity index is 2.38. The van der Waals surface area contributed by atoms with Crippen LogP contribution < -0.4 is 0 Å². The summed E-state index contributed by atoms with van der Waals surface area (Å²) < 4.78 is 10.4. The molecule has 0 aromatic heterocycles. The van der Waals surface area contributed by atoms with Gasteiger partial charge in [-0.1, -0.05) is 0 Å². The van der Waals surface area contributed by atoms with Gasteiger partial charge in [-0.3, -0.25) is 4.79 Å². The van der Waals surface area contributed by atoms with E-state index in [-0.39, 0.29) is 30.2 Å². The minimum atomic E-state index is -0.345. The van der Waals surface area contributed by atoms with Crippen LogP contribution in [0, 0.1) is 5.92 Å². The molecule has 15 heavy (non-hydrogen) atoms. The zero-order valence-electron chi connectivity index (χ0n) is 9.60. The van der Waals surface area contributed by atoms with Crippen molar-refractivity contribution < 1.29 is 19.4 Å². The van der Waals surface area contributed by atoms with Crippen LogP contribution >= 0.6 is 0 Å². The molecule has 0 spiro atoms. The van der Waals surface area contributed by atoms with Gasteiger partial charge in [-0.2, -0.15) is 0 Å². The number of carbonyl (C=O) groups is 1.